The summed E-state index contributed by atoms with van der Waals surface area (Å²) in [6, 6.07) is 5.44. The fourth-order valence-corrected chi connectivity index (χ4v) is 2.03. The van der Waals surface area contributed by atoms with E-state index in [0.29, 0.717) is 20.8 Å². The molecule has 0 bridgehead atoms. The molecule has 0 aliphatic rings. The molecular formula is C11H8BrClFNO. The molecule has 16 heavy (non-hydrogen) atoms. The lowest BCUT2D eigenvalue weighted by atomic mass is 10.1. The average molecular weight is 305 g/mol. The molecule has 0 aliphatic carbocycles. The number of hydrogen-bond donors (Lipinski definition) is 1. The smallest absolute Gasteiger partial charge is 0.139 e. The molecule has 1 atom stereocenters. The Morgan fingerprint density at radius 1 is 1.38 bits per heavy atom. The van der Waals surface area contributed by atoms with E-state index in [1.54, 1.807) is 18.2 Å². The summed E-state index contributed by atoms with van der Waals surface area (Å²) < 4.78 is 19.5. The van der Waals surface area contributed by atoms with Crippen molar-refractivity contribution in [1.29, 1.82) is 0 Å². The average Bonchev–Trinajstić information content (AvgIpc) is 2.63. The van der Waals surface area contributed by atoms with Crippen LogP contribution in [-0.2, 0) is 0 Å². The summed E-state index contributed by atoms with van der Waals surface area (Å²) in [5.41, 5.74) is 6.25. The Hall–Kier alpha value is -0.840. The second-order valence-corrected chi connectivity index (χ2v) is 4.57. The minimum Gasteiger partial charge on any atom is -0.466 e. The standard InChI is InChI=1S/C11H8BrClFNO/c12-8-3-4-16-11(8)10(15)7-2-1-6(13)5-9(7)14/h1-5,10H,15H2. The first-order chi connectivity index (χ1) is 7.59. The highest BCUT2D eigenvalue weighted by atomic mass is 79.9. The molecule has 0 saturated heterocycles. The van der Waals surface area contributed by atoms with Gasteiger partial charge < -0.3 is 10.2 Å². The Balaban J connectivity index is 2.41. The molecule has 0 radical (unpaired) electrons. The molecular weight excluding hydrogens is 296 g/mol. The Bertz CT molecular complexity index is 514. The van der Waals surface area contributed by atoms with Crippen molar-refractivity contribution in [2.75, 3.05) is 0 Å². The van der Waals surface area contributed by atoms with E-state index in [4.69, 9.17) is 21.8 Å². The number of rotatable bonds is 2. The Kier molecular flexibility index (Phi) is 3.33. The summed E-state index contributed by atoms with van der Waals surface area (Å²) in [5.74, 6) is 0.0459. The minimum absolute atomic E-state index is 0.340. The Morgan fingerprint density at radius 3 is 2.69 bits per heavy atom. The first-order valence-corrected chi connectivity index (χ1v) is 5.70. The van der Waals surface area contributed by atoms with Crippen LogP contribution in [0.15, 0.2) is 39.4 Å². The van der Waals surface area contributed by atoms with Gasteiger partial charge in [0.05, 0.1) is 16.8 Å². The van der Waals surface area contributed by atoms with Crippen LogP contribution in [0.2, 0.25) is 5.02 Å². The first kappa shape index (κ1) is 11.6. The van der Waals surface area contributed by atoms with Crippen LogP contribution in [0.25, 0.3) is 0 Å². The van der Waals surface area contributed by atoms with E-state index in [2.05, 4.69) is 15.9 Å². The molecule has 5 heteroatoms. The van der Waals surface area contributed by atoms with Gasteiger partial charge in [-0.1, -0.05) is 17.7 Å². The summed E-state index contributed by atoms with van der Waals surface area (Å²) >= 11 is 8.95. The molecule has 2 rings (SSSR count). The van der Waals surface area contributed by atoms with E-state index >= 15 is 0 Å². The van der Waals surface area contributed by atoms with Crippen LogP contribution in [0.1, 0.15) is 17.4 Å². The molecule has 0 aliphatic heterocycles. The third-order valence-electron chi connectivity index (χ3n) is 2.22. The van der Waals surface area contributed by atoms with Crippen molar-refractivity contribution in [3.8, 4) is 0 Å². The van der Waals surface area contributed by atoms with E-state index in [1.165, 1.54) is 12.3 Å². The van der Waals surface area contributed by atoms with Crippen LogP contribution in [-0.4, -0.2) is 0 Å². The van der Waals surface area contributed by atoms with E-state index in [9.17, 15) is 4.39 Å². The second kappa shape index (κ2) is 4.57. The molecule has 1 aromatic heterocycles. The molecule has 2 N–H and O–H groups in total. The lowest BCUT2D eigenvalue weighted by Crippen LogP contribution is -2.13. The number of hydrogen-bond acceptors (Lipinski definition) is 2. The molecule has 0 amide bonds. The molecule has 84 valence electrons. The van der Waals surface area contributed by atoms with Crippen molar-refractivity contribution in [2.24, 2.45) is 5.73 Å². The van der Waals surface area contributed by atoms with Gasteiger partial charge in [0.25, 0.3) is 0 Å². The number of benzene rings is 1. The highest BCUT2D eigenvalue weighted by Gasteiger charge is 2.19. The van der Waals surface area contributed by atoms with Crippen LogP contribution in [0.5, 0.6) is 0 Å². The summed E-state index contributed by atoms with van der Waals surface area (Å²) in [6.07, 6.45) is 1.49. The van der Waals surface area contributed by atoms with Gasteiger partial charge >= 0.3 is 0 Å². The third kappa shape index (κ3) is 2.14. The maximum Gasteiger partial charge on any atom is 0.139 e. The van der Waals surface area contributed by atoms with E-state index in [1.807, 2.05) is 0 Å². The largest absolute Gasteiger partial charge is 0.466 e. The van der Waals surface area contributed by atoms with Crippen molar-refractivity contribution in [1.82, 2.24) is 0 Å². The molecule has 1 unspecified atom stereocenters. The summed E-state index contributed by atoms with van der Waals surface area (Å²) in [6.45, 7) is 0. The normalized spacial score (nSPS) is 12.8. The summed E-state index contributed by atoms with van der Waals surface area (Å²) in [5, 5.41) is 0.340. The van der Waals surface area contributed by atoms with Crippen LogP contribution < -0.4 is 5.73 Å². The molecule has 0 fully saturated rings. The van der Waals surface area contributed by atoms with E-state index < -0.39 is 11.9 Å². The van der Waals surface area contributed by atoms with Crippen molar-refractivity contribution < 1.29 is 8.81 Å². The Morgan fingerprint density at radius 2 is 2.12 bits per heavy atom. The van der Waals surface area contributed by atoms with Gasteiger partial charge in [-0.3, -0.25) is 0 Å². The fraction of sp³-hybridized carbons (Fsp3) is 0.0909. The highest BCUT2D eigenvalue weighted by Crippen LogP contribution is 2.29. The fourth-order valence-electron chi connectivity index (χ4n) is 1.42. The van der Waals surface area contributed by atoms with Crippen molar-refractivity contribution in [3.63, 3.8) is 0 Å². The van der Waals surface area contributed by atoms with Crippen LogP contribution in [0, 0.1) is 5.82 Å². The molecule has 2 aromatic rings. The van der Waals surface area contributed by atoms with Gasteiger partial charge in [-0.05, 0) is 34.1 Å². The number of furan rings is 1. The Labute approximate surface area is 105 Å². The monoisotopic (exact) mass is 303 g/mol. The van der Waals surface area contributed by atoms with Crippen LogP contribution in [0.3, 0.4) is 0 Å². The van der Waals surface area contributed by atoms with Crippen molar-refractivity contribution >= 4 is 27.5 Å². The maximum absolute atomic E-state index is 13.6. The molecule has 1 aromatic carbocycles. The van der Waals surface area contributed by atoms with Gasteiger partial charge in [0.2, 0.25) is 0 Å². The maximum atomic E-state index is 13.6. The van der Waals surface area contributed by atoms with Gasteiger partial charge in [-0.25, -0.2) is 4.39 Å². The highest BCUT2D eigenvalue weighted by molar-refractivity contribution is 9.10. The van der Waals surface area contributed by atoms with E-state index in [0.717, 1.165) is 0 Å². The third-order valence-corrected chi connectivity index (χ3v) is 3.12. The zero-order chi connectivity index (χ0) is 11.7. The predicted octanol–water partition coefficient (Wildman–Crippen LogP) is 3.88. The number of halogens is 3. The molecule has 0 spiro atoms. The van der Waals surface area contributed by atoms with Gasteiger partial charge in [0.15, 0.2) is 0 Å². The summed E-state index contributed by atoms with van der Waals surface area (Å²) in [7, 11) is 0. The van der Waals surface area contributed by atoms with Crippen LogP contribution in [0.4, 0.5) is 4.39 Å². The van der Waals surface area contributed by atoms with Gasteiger partial charge in [-0.2, -0.15) is 0 Å². The molecule has 0 saturated carbocycles. The lowest BCUT2D eigenvalue weighted by molar-refractivity contribution is 0.478. The van der Waals surface area contributed by atoms with Gasteiger partial charge in [0, 0.05) is 10.6 Å². The quantitative estimate of drug-likeness (QED) is 0.914. The second-order valence-electron chi connectivity index (χ2n) is 3.28. The van der Waals surface area contributed by atoms with E-state index in [-0.39, 0.29) is 0 Å². The zero-order valence-electron chi connectivity index (χ0n) is 8.08. The first-order valence-electron chi connectivity index (χ1n) is 4.53. The van der Waals surface area contributed by atoms with Gasteiger partial charge in [0.1, 0.15) is 11.6 Å². The van der Waals surface area contributed by atoms with Crippen LogP contribution >= 0.6 is 27.5 Å². The zero-order valence-corrected chi connectivity index (χ0v) is 10.4. The molecule has 2 nitrogen and oxygen atoms in total. The van der Waals surface area contributed by atoms with Gasteiger partial charge in [-0.15, -0.1) is 0 Å². The predicted molar refractivity (Wildman–Crippen MR) is 63.8 cm³/mol. The van der Waals surface area contributed by atoms with Crippen molar-refractivity contribution in [3.05, 3.63) is 57.2 Å². The molecule has 1 heterocycles. The lowest BCUT2D eigenvalue weighted by Gasteiger charge is -2.11. The summed E-state index contributed by atoms with van der Waals surface area (Å²) in [4.78, 5) is 0. The minimum atomic E-state index is -0.651. The number of nitrogens with two attached hydrogens (primary N) is 1. The topological polar surface area (TPSA) is 39.2 Å². The SMILES string of the molecule is NC(c1ccc(Cl)cc1F)c1occc1Br. The van der Waals surface area contributed by atoms with Crippen molar-refractivity contribution in [2.45, 2.75) is 6.04 Å².